The zero-order chi connectivity index (χ0) is 8.93. The number of hydrogen-bond donors (Lipinski definition) is 0. The van der Waals surface area contributed by atoms with Crippen LogP contribution in [-0.2, 0) is 0 Å². The van der Waals surface area contributed by atoms with Gasteiger partial charge in [-0.3, -0.25) is 4.98 Å². The van der Waals surface area contributed by atoms with Crippen LogP contribution in [0.3, 0.4) is 0 Å². The molecule has 2 rings (SSSR count). The van der Waals surface area contributed by atoms with Crippen LogP contribution in [0, 0.1) is 0 Å². The number of rotatable bonds is 2. The van der Waals surface area contributed by atoms with Crippen molar-refractivity contribution in [2.45, 2.75) is 0 Å². The summed E-state index contributed by atoms with van der Waals surface area (Å²) in [4.78, 5) is 4.00. The molecule has 13 heavy (non-hydrogen) atoms. The first-order chi connectivity index (χ1) is 6.45. The molecule has 0 aliphatic rings. The Morgan fingerprint density at radius 2 is 2.31 bits per heavy atom. The van der Waals surface area contributed by atoms with Crippen molar-refractivity contribution in [2.75, 3.05) is 0 Å². The quantitative estimate of drug-likeness (QED) is 0.726. The van der Waals surface area contributed by atoms with Crippen LogP contribution in [0.5, 0.6) is 0 Å². The van der Waals surface area contributed by atoms with Crippen LogP contribution in [0.15, 0.2) is 29.9 Å². The molecule has 0 aromatic carbocycles. The van der Waals surface area contributed by atoms with E-state index in [2.05, 4.69) is 14.6 Å². The van der Waals surface area contributed by atoms with E-state index in [-0.39, 0.29) is 0 Å². The molecule has 0 aliphatic heterocycles. The number of nitrogens with zero attached hydrogens (tertiary/aromatic N) is 3. The Balaban J connectivity index is 2.15. The summed E-state index contributed by atoms with van der Waals surface area (Å²) in [5.74, 6) is 0. The number of pyridine rings is 1. The molecule has 4 heteroatoms. The molecular weight excluding hydrogens is 182 g/mol. The van der Waals surface area contributed by atoms with E-state index in [4.69, 9.17) is 0 Å². The highest BCUT2D eigenvalue weighted by Gasteiger charge is 1.88. The smallest absolute Gasteiger partial charge is 0.0982 e. The molecule has 0 aliphatic carbocycles. The summed E-state index contributed by atoms with van der Waals surface area (Å²) in [6.45, 7) is 0. The molecule has 2 aromatic rings. The van der Waals surface area contributed by atoms with Crippen molar-refractivity contribution in [2.24, 2.45) is 0 Å². The van der Waals surface area contributed by atoms with Crippen molar-refractivity contribution in [1.29, 1.82) is 0 Å². The van der Waals surface area contributed by atoms with Crippen LogP contribution in [0.1, 0.15) is 11.3 Å². The molecule has 0 N–H and O–H groups in total. The third-order valence-corrected chi connectivity index (χ3v) is 2.03. The molecule has 0 radical (unpaired) electrons. The Bertz CT molecular complexity index is 381. The van der Waals surface area contributed by atoms with Gasteiger partial charge in [0.15, 0.2) is 0 Å². The summed E-state index contributed by atoms with van der Waals surface area (Å²) in [5, 5.41) is 5.79. The normalized spacial score (nSPS) is 10.8. The Morgan fingerprint density at radius 3 is 3.00 bits per heavy atom. The summed E-state index contributed by atoms with van der Waals surface area (Å²) in [6.07, 6.45) is 7.43. The van der Waals surface area contributed by atoms with Crippen molar-refractivity contribution in [1.82, 2.24) is 14.6 Å². The fourth-order valence-electron chi connectivity index (χ4n) is 0.901. The van der Waals surface area contributed by atoms with Crippen molar-refractivity contribution >= 4 is 23.7 Å². The van der Waals surface area contributed by atoms with Gasteiger partial charge in [-0.05, 0) is 29.2 Å². The summed E-state index contributed by atoms with van der Waals surface area (Å²) in [6, 6.07) is 3.89. The second-order valence-corrected chi connectivity index (χ2v) is 3.06. The maximum atomic E-state index is 4.00. The summed E-state index contributed by atoms with van der Waals surface area (Å²) >= 11 is 1.35. The van der Waals surface area contributed by atoms with E-state index in [9.17, 15) is 0 Å². The topological polar surface area (TPSA) is 38.7 Å². The van der Waals surface area contributed by atoms with Gasteiger partial charge in [0.25, 0.3) is 0 Å². The van der Waals surface area contributed by atoms with E-state index in [0.29, 0.717) is 0 Å². The molecule has 64 valence electrons. The minimum absolute atomic E-state index is 0.883. The third-order valence-electron chi connectivity index (χ3n) is 1.51. The minimum Gasteiger partial charge on any atom is -0.264 e. The van der Waals surface area contributed by atoms with Crippen molar-refractivity contribution in [3.8, 4) is 0 Å². The minimum atomic E-state index is 0.883. The predicted octanol–water partition coefficient (Wildman–Crippen LogP) is 2.10. The molecule has 3 nitrogen and oxygen atoms in total. The highest BCUT2D eigenvalue weighted by atomic mass is 32.1. The molecule has 0 saturated heterocycles. The molecule has 0 bridgehead atoms. The molecule has 0 unspecified atom stereocenters. The zero-order valence-electron chi connectivity index (χ0n) is 6.79. The Labute approximate surface area is 79.9 Å². The summed E-state index contributed by atoms with van der Waals surface area (Å²) in [7, 11) is 0. The largest absolute Gasteiger partial charge is 0.264 e. The Hall–Kier alpha value is -1.55. The van der Waals surface area contributed by atoms with Crippen molar-refractivity contribution < 1.29 is 0 Å². The molecule has 0 spiro atoms. The number of aromatic nitrogens is 3. The molecule has 2 heterocycles. The van der Waals surface area contributed by atoms with Gasteiger partial charge in [0.05, 0.1) is 5.69 Å². The van der Waals surface area contributed by atoms with E-state index < -0.39 is 0 Å². The van der Waals surface area contributed by atoms with Gasteiger partial charge in [0.1, 0.15) is 0 Å². The van der Waals surface area contributed by atoms with E-state index in [0.717, 1.165) is 11.3 Å². The Kier molecular flexibility index (Phi) is 2.43. The van der Waals surface area contributed by atoms with Crippen LogP contribution in [0.4, 0.5) is 0 Å². The Morgan fingerprint density at radius 1 is 1.31 bits per heavy atom. The van der Waals surface area contributed by atoms with Gasteiger partial charge in [-0.15, -0.1) is 5.10 Å². The van der Waals surface area contributed by atoms with Crippen LogP contribution < -0.4 is 0 Å². The average molecular weight is 189 g/mol. The van der Waals surface area contributed by atoms with Gasteiger partial charge in [-0.25, -0.2) is 0 Å². The lowest BCUT2D eigenvalue weighted by molar-refractivity contribution is 1.14. The van der Waals surface area contributed by atoms with Crippen LogP contribution in [-0.4, -0.2) is 14.6 Å². The molecule has 0 amide bonds. The molecule has 2 aromatic heterocycles. The maximum Gasteiger partial charge on any atom is 0.0982 e. The molecule has 0 saturated carbocycles. The lowest BCUT2D eigenvalue weighted by Crippen LogP contribution is -1.74. The second-order valence-electron chi connectivity index (χ2n) is 2.45. The van der Waals surface area contributed by atoms with E-state index in [1.54, 1.807) is 12.4 Å². The SMILES string of the molecule is C(=C\c1csnn1)/c1cccnc1. The first-order valence-corrected chi connectivity index (χ1v) is 4.64. The van der Waals surface area contributed by atoms with Crippen molar-refractivity contribution in [3.05, 3.63) is 41.2 Å². The van der Waals surface area contributed by atoms with Gasteiger partial charge in [0.2, 0.25) is 0 Å². The first kappa shape index (κ1) is 8.07. The van der Waals surface area contributed by atoms with Crippen LogP contribution in [0.2, 0.25) is 0 Å². The fourth-order valence-corrected chi connectivity index (χ4v) is 1.32. The van der Waals surface area contributed by atoms with Gasteiger partial charge in [-0.2, -0.15) is 0 Å². The molecule has 0 atom stereocenters. The summed E-state index contributed by atoms with van der Waals surface area (Å²) in [5.41, 5.74) is 1.95. The molecule has 0 fully saturated rings. The zero-order valence-corrected chi connectivity index (χ0v) is 7.61. The molecular formula is C9H7N3S. The van der Waals surface area contributed by atoms with Gasteiger partial charge >= 0.3 is 0 Å². The first-order valence-electron chi connectivity index (χ1n) is 3.80. The lowest BCUT2D eigenvalue weighted by Gasteiger charge is -1.88. The summed E-state index contributed by atoms with van der Waals surface area (Å²) < 4.78 is 3.76. The highest BCUT2D eigenvalue weighted by molar-refractivity contribution is 7.03. The maximum absolute atomic E-state index is 4.00. The van der Waals surface area contributed by atoms with Gasteiger partial charge in [0, 0.05) is 17.8 Å². The monoisotopic (exact) mass is 189 g/mol. The third kappa shape index (κ3) is 2.19. The number of hydrogen-bond acceptors (Lipinski definition) is 4. The standard InChI is InChI=1S/C9H7N3S/c1-2-8(6-10-5-1)3-4-9-7-13-12-11-9/h1-7H/b4-3+. The highest BCUT2D eigenvalue weighted by Crippen LogP contribution is 2.05. The van der Waals surface area contributed by atoms with Gasteiger partial charge in [-0.1, -0.05) is 16.6 Å². The van der Waals surface area contributed by atoms with Crippen LogP contribution in [0.25, 0.3) is 12.2 Å². The van der Waals surface area contributed by atoms with E-state index >= 15 is 0 Å². The van der Waals surface area contributed by atoms with Crippen LogP contribution >= 0.6 is 11.5 Å². The van der Waals surface area contributed by atoms with E-state index in [1.165, 1.54) is 11.5 Å². The van der Waals surface area contributed by atoms with E-state index in [1.807, 2.05) is 29.7 Å². The predicted molar refractivity (Wildman–Crippen MR) is 53.1 cm³/mol. The van der Waals surface area contributed by atoms with Gasteiger partial charge < -0.3 is 0 Å². The fraction of sp³-hybridized carbons (Fsp3) is 0. The lowest BCUT2D eigenvalue weighted by atomic mass is 10.2. The second kappa shape index (κ2) is 3.91. The average Bonchev–Trinajstić information content (AvgIpc) is 2.69. The van der Waals surface area contributed by atoms with Crippen molar-refractivity contribution in [3.63, 3.8) is 0 Å².